The van der Waals surface area contributed by atoms with Crippen molar-refractivity contribution in [1.82, 2.24) is 9.80 Å². The Balaban J connectivity index is 1.52. The zero-order valence-corrected chi connectivity index (χ0v) is 19.3. The lowest BCUT2D eigenvalue weighted by atomic mass is 10.0. The maximum absolute atomic E-state index is 13.4. The third-order valence-corrected chi connectivity index (χ3v) is 7.34. The summed E-state index contributed by atoms with van der Waals surface area (Å²) in [7, 11) is 0. The number of carbonyl (C=O) groups is 2. The Morgan fingerprint density at radius 2 is 1.90 bits per heavy atom. The van der Waals surface area contributed by atoms with Gasteiger partial charge in [0.25, 0.3) is 5.91 Å². The summed E-state index contributed by atoms with van der Waals surface area (Å²) in [4.78, 5) is 31.9. The van der Waals surface area contributed by atoms with Crippen LogP contribution in [0.2, 0.25) is 0 Å². The summed E-state index contributed by atoms with van der Waals surface area (Å²) in [5.74, 6) is 0.648. The van der Waals surface area contributed by atoms with Gasteiger partial charge in [-0.2, -0.15) is 0 Å². The van der Waals surface area contributed by atoms with Crippen LogP contribution in [-0.4, -0.2) is 47.4 Å². The van der Waals surface area contributed by atoms with E-state index >= 15 is 0 Å². The Morgan fingerprint density at radius 1 is 1.10 bits per heavy atom. The van der Waals surface area contributed by atoms with E-state index in [2.05, 4.69) is 11.4 Å². The first kappa shape index (κ1) is 21.6. The van der Waals surface area contributed by atoms with Crippen molar-refractivity contribution in [2.45, 2.75) is 32.4 Å². The van der Waals surface area contributed by atoms with E-state index in [0.29, 0.717) is 18.0 Å². The van der Waals surface area contributed by atoms with Crippen molar-refractivity contribution in [3.63, 3.8) is 0 Å². The quantitative estimate of drug-likeness (QED) is 0.512. The molecule has 0 N–H and O–H groups in total. The molecular formula is C24H26N2O3S2. The third kappa shape index (κ3) is 4.83. The zero-order chi connectivity index (χ0) is 21.8. The number of hydrogen-bond acceptors (Lipinski definition) is 5. The average Bonchev–Trinajstić information content (AvgIpc) is 3.47. The highest BCUT2D eigenvalue weighted by Gasteiger charge is 2.34. The molecule has 4 rings (SSSR count). The standard InChI is InChI=1S/C24H26N2O3S2/c1-17(2)26(24(28)22-9-6-13-30-22)15-23(27)25-12-10-21-19(11-14-31-21)20(25)16-29-18-7-4-3-5-8-18/h3-9,11,13-14,17,20H,10,12,15-16H2,1-2H3/t20-/m1/s1. The van der Waals surface area contributed by atoms with Crippen molar-refractivity contribution in [3.8, 4) is 5.75 Å². The fraction of sp³-hybridized carbons (Fsp3) is 0.333. The van der Waals surface area contributed by atoms with Crippen LogP contribution in [0.15, 0.2) is 59.3 Å². The summed E-state index contributed by atoms with van der Waals surface area (Å²) in [5.41, 5.74) is 1.15. The van der Waals surface area contributed by atoms with Gasteiger partial charge < -0.3 is 14.5 Å². The molecule has 2 amide bonds. The second-order valence-corrected chi connectivity index (χ2v) is 9.73. The third-order valence-electron chi connectivity index (χ3n) is 5.49. The number of fused-ring (bicyclic) bond motifs is 1. The van der Waals surface area contributed by atoms with Gasteiger partial charge >= 0.3 is 0 Å². The second kappa shape index (κ2) is 9.66. The smallest absolute Gasteiger partial charge is 0.264 e. The first-order chi connectivity index (χ1) is 15.0. The van der Waals surface area contributed by atoms with E-state index in [-0.39, 0.29) is 30.4 Å². The molecule has 0 aliphatic carbocycles. The molecule has 2 aromatic heterocycles. The molecule has 0 radical (unpaired) electrons. The Bertz CT molecular complexity index is 1010. The highest BCUT2D eigenvalue weighted by atomic mass is 32.1. The van der Waals surface area contributed by atoms with E-state index in [1.807, 2.05) is 66.6 Å². The summed E-state index contributed by atoms with van der Waals surface area (Å²) in [5, 5.41) is 3.96. The number of amides is 2. The van der Waals surface area contributed by atoms with Crippen LogP contribution in [0.5, 0.6) is 5.75 Å². The molecule has 1 aromatic carbocycles. The molecular weight excluding hydrogens is 428 g/mol. The van der Waals surface area contributed by atoms with E-state index < -0.39 is 0 Å². The highest BCUT2D eigenvalue weighted by molar-refractivity contribution is 7.12. The molecule has 5 nitrogen and oxygen atoms in total. The topological polar surface area (TPSA) is 49.9 Å². The summed E-state index contributed by atoms with van der Waals surface area (Å²) < 4.78 is 6.04. The number of rotatable bonds is 7. The Hall–Kier alpha value is -2.64. The van der Waals surface area contributed by atoms with Gasteiger partial charge in [0.05, 0.1) is 10.9 Å². The van der Waals surface area contributed by atoms with Gasteiger partial charge in [-0.3, -0.25) is 9.59 Å². The van der Waals surface area contributed by atoms with Crippen LogP contribution >= 0.6 is 22.7 Å². The molecule has 31 heavy (non-hydrogen) atoms. The van der Waals surface area contributed by atoms with Gasteiger partial charge in [0.1, 0.15) is 18.9 Å². The molecule has 0 spiro atoms. The van der Waals surface area contributed by atoms with E-state index in [1.165, 1.54) is 16.2 Å². The molecule has 0 unspecified atom stereocenters. The number of ether oxygens (including phenoxy) is 1. The predicted molar refractivity (Wildman–Crippen MR) is 125 cm³/mol. The maximum Gasteiger partial charge on any atom is 0.264 e. The maximum atomic E-state index is 13.4. The van der Waals surface area contributed by atoms with Crippen LogP contribution < -0.4 is 4.74 Å². The van der Waals surface area contributed by atoms with Gasteiger partial charge in [-0.1, -0.05) is 24.3 Å². The molecule has 1 aliphatic rings. The lowest BCUT2D eigenvalue weighted by Crippen LogP contribution is -2.49. The van der Waals surface area contributed by atoms with Crippen LogP contribution in [0.3, 0.4) is 0 Å². The minimum absolute atomic E-state index is 0.0443. The number of carbonyl (C=O) groups excluding carboxylic acids is 2. The second-order valence-electron chi connectivity index (χ2n) is 7.78. The number of para-hydroxylation sites is 1. The minimum Gasteiger partial charge on any atom is -0.491 e. The fourth-order valence-electron chi connectivity index (χ4n) is 3.83. The van der Waals surface area contributed by atoms with Crippen LogP contribution in [-0.2, 0) is 11.2 Å². The van der Waals surface area contributed by atoms with Gasteiger partial charge in [0.15, 0.2) is 0 Å². The minimum atomic E-state index is -0.159. The largest absolute Gasteiger partial charge is 0.491 e. The van der Waals surface area contributed by atoms with Crippen molar-refractivity contribution in [1.29, 1.82) is 0 Å². The number of hydrogen-bond donors (Lipinski definition) is 0. The van der Waals surface area contributed by atoms with Crippen LogP contribution in [0.25, 0.3) is 0 Å². The summed E-state index contributed by atoms with van der Waals surface area (Å²) in [6, 6.07) is 15.2. The van der Waals surface area contributed by atoms with Crippen LogP contribution in [0.1, 0.15) is 40.0 Å². The van der Waals surface area contributed by atoms with Crippen LogP contribution in [0, 0.1) is 0 Å². The molecule has 0 saturated carbocycles. The molecule has 0 saturated heterocycles. The van der Waals surface area contributed by atoms with Gasteiger partial charge in [-0.15, -0.1) is 22.7 Å². The van der Waals surface area contributed by atoms with Crippen molar-refractivity contribution < 1.29 is 14.3 Å². The van der Waals surface area contributed by atoms with Gasteiger partial charge in [0, 0.05) is 17.5 Å². The SMILES string of the molecule is CC(C)N(CC(=O)N1CCc2sccc2[C@H]1COc1ccccc1)C(=O)c1cccs1. The Morgan fingerprint density at radius 3 is 2.61 bits per heavy atom. The summed E-state index contributed by atoms with van der Waals surface area (Å²) in [6.07, 6.45) is 0.834. The van der Waals surface area contributed by atoms with Crippen molar-refractivity contribution >= 4 is 34.5 Å². The zero-order valence-electron chi connectivity index (χ0n) is 17.7. The molecule has 3 aromatic rings. The fourth-order valence-corrected chi connectivity index (χ4v) is 5.44. The van der Waals surface area contributed by atoms with Crippen molar-refractivity contribution in [2.24, 2.45) is 0 Å². The Labute approximate surface area is 190 Å². The van der Waals surface area contributed by atoms with E-state index in [0.717, 1.165) is 17.7 Å². The van der Waals surface area contributed by atoms with Gasteiger partial charge in [0.2, 0.25) is 5.91 Å². The summed E-state index contributed by atoms with van der Waals surface area (Å²) >= 11 is 3.13. The number of benzene rings is 1. The molecule has 3 heterocycles. The van der Waals surface area contributed by atoms with Crippen LogP contribution in [0.4, 0.5) is 0 Å². The van der Waals surface area contributed by atoms with E-state index in [4.69, 9.17) is 4.74 Å². The van der Waals surface area contributed by atoms with Crippen molar-refractivity contribution in [3.05, 3.63) is 74.6 Å². The monoisotopic (exact) mass is 454 g/mol. The van der Waals surface area contributed by atoms with E-state index in [1.54, 1.807) is 16.2 Å². The Kier molecular flexibility index (Phi) is 6.73. The van der Waals surface area contributed by atoms with Crippen molar-refractivity contribution in [2.75, 3.05) is 19.7 Å². The lowest BCUT2D eigenvalue weighted by molar-refractivity contribution is -0.136. The first-order valence-corrected chi connectivity index (χ1v) is 12.2. The molecule has 162 valence electrons. The van der Waals surface area contributed by atoms with Gasteiger partial charge in [-0.25, -0.2) is 0 Å². The molecule has 7 heteroatoms. The number of thiophene rings is 2. The molecule has 1 aliphatic heterocycles. The highest BCUT2D eigenvalue weighted by Crippen LogP contribution is 2.34. The molecule has 0 bridgehead atoms. The molecule has 0 fully saturated rings. The molecule has 1 atom stereocenters. The number of nitrogens with zero attached hydrogens (tertiary/aromatic N) is 2. The lowest BCUT2D eigenvalue weighted by Gasteiger charge is -2.37. The first-order valence-electron chi connectivity index (χ1n) is 10.4. The predicted octanol–water partition coefficient (Wildman–Crippen LogP) is 4.87. The van der Waals surface area contributed by atoms with Gasteiger partial charge in [-0.05, 0) is 60.9 Å². The average molecular weight is 455 g/mol. The van der Waals surface area contributed by atoms with E-state index in [9.17, 15) is 9.59 Å². The normalized spacial score (nSPS) is 15.6. The summed E-state index contributed by atoms with van der Waals surface area (Å²) in [6.45, 7) is 4.98.